The molecule has 1 heterocycles. The number of nitrogens with two attached hydrogens (primary N) is 1. The Labute approximate surface area is 100 Å². The van der Waals surface area contributed by atoms with Crippen molar-refractivity contribution in [3.8, 4) is 11.8 Å². The summed E-state index contributed by atoms with van der Waals surface area (Å²) < 4.78 is 1.79. The van der Waals surface area contributed by atoms with Crippen molar-refractivity contribution < 1.29 is 0 Å². The van der Waals surface area contributed by atoms with E-state index in [0.29, 0.717) is 11.3 Å². The number of nitrogens with zero attached hydrogens (tertiary/aromatic N) is 3. The molecule has 4 nitrogen and oxygen atoms in total. The van der Waals surface area contributed by atoms with Gasteiger partial charge in [0.1, 0.15) is 6.07 Å². The second-order valence-electron chi connectivity index (χ2n) is 4.10. The number of anilines is 1. The van der Waals surface area contributed by atoms with E-state index in [2.05, 4.69) is 11.2 Å². The molecule has 1 aromatic heterocycles. The van der Waals surface area contributed by atoms with Crippen molar-refractivity contribution >= 4 is 5.69 Å². The van der Waals surface area contributed by atoms with Crippen LogP contribution in [0.1, 0.15) is 22.5 Å². The SMILES string of the molecule is Cc1nn(-c2ccc(N)cc2C#N)c(C)c1C. The molecule has 1 aromatic carbocycles. The van der Waals surface area contributed by atoms with Gasteiger partial charge in [-0.05, 0) is 44.5 Å². The zero-order valence-electron chi connectivity index (χ0n) is 10.2. The van der Waals surface area contributed by atoms with Crippen LogP contribution < -0.4 is 5.73 Å². The number of rotatable bonds is 1. The maximum Gasteiger partial charge on any atom is 0.101 e. The van der Waals surface area contributed by atoms with Gasteiger partial charge < -0.3 is 5.73 Å². The molecule has 0 aliphatic heterocycles. The van der Waals surface area contributed by atoms with Crippen LogP contribution in [0.3, 0.4) is 0 Å². The summed E-state index contributed by atoms with van der Waals surface area (Å²) in [6.07, 6.45) is 0. The summed E-state index contributed by atoms with van der Waals surface area (Å²) in [5, 5.41) is 13.6. The molecule has 0 bridgehead atoms. The summed E-state index contributed by atoms with van der Waals surface area (Å²) in [7, 11) is 0. The monoisotopic (exact) mass is 226 g/mol. The van der Waals surface area contributed by atoms with Gasteiger partial charge in [0.25, 0.3) is 0 Å². The Hall–Kier alpha value is -2.28. The third-order valence-corrected chi connectivity index (χ3v) is 3.02. The summed E-state index contributed by atoms with van der Waals surface area (Å²) >= 11 is 0. The molecule has 0 aliphatic carbocycles. The lowest BCUT2D eigenvalue weighted by molar-refractivity contribution is 0.831. The van der Waals surface area contributed by atoms with E-state index in [-0.39, 0.29) is 0 Å². The Kier molecular flexibility index (Phi) is 2.60. The minimum atomic E-state index is 0.538. The van der Waals surface area contributed by atoms with Crippen molar-refractivity contribution in [2.24, 2.45) is 0 Å². The molecule has 0 saturated carbocycles. The van der Waals surface area contributed by atoms with E-state index in [4.69, 9.17) is 11.0 Å². The second kappa shape index (κ2) is 3.95. The molecule has 2 aromatic rings. The highest BCUT2D eigenvalue weighted by Gasteiger charge is 2.12. The van der Waals surface area contributed by atoms with Gasteiger partial charge in [-0.3, -0.25) is 0 Å². The van der Waals surface area contributed by atoms with Crippen molar-refractivity contribution in [3.05, 3.63) is 40.7 Å². The largest absolute Gasteiger partial charge is 0.399 e. The van der Waals surface area contributed by atoms with Gasteiger partial charge in [-0.2, -0.15) is 10.4 Å². The Bertz CT molecular complexity index is 617. The van der Waals surface area contributed by atoms with Gasteiger partial charge in [-0.25, -0.2) is 4.68 Å². The summed E-state index contributed by atoms with van der Waals surface area (Å²) in [6, 6.07) is 7.42. The highest BCUT2D eigenvalue weighted by Crippen LogP contribution is 2.21. The molecule has 0 amide bonds. The van der Waals surface area contributed by atoms with E-state index in [1.54, 1.807) is 16.8 Å². The van der Waals surface area contributed by atoms with Crippen LogP contribution in [-0.4, -0.2) is 9.78 Å². The lowest BCUT2D eigenvalue weighted by Crippen LogP contribution is -2.02. The summed E-state index contributed by atoms with van der Waals surface area (Å²) in [4.78, 5) is 0. The first-order valence-corrected chi connectivity index (χ1v) is 5.37. The van der Waals surface area contributed by atoms with Crippen LogP contribution in [0.5, 0.6) is 0 Å². The van der Waals surface area contributed by atoms with Gasteiger partial charge in [0, 0.05) is 11.4 Å². The molecule has 4 heteroatoms. The number of aromatic nitrogens is 2. The van der Waals surface area contributed by atoms with Gasteiger partial charge in [0.15, 0.2) is 0 Å². The lowest BCUT2D eigenvalue weighted by atomic mass is 10.1. The van der Waals surface area contributed by atoms with Gasteiger partial charge in [-0.15, -0.1) is 0 Å². The number of hydrogen-bond acceptors (Lipinski definition) is 3. The number of benzene rings is 1. The number of aryl methyl sites for hydroxylation is 1. The lowest BCUT2D eigenvalue weighted by Gasteiger charge is -2.07. The average Bonchev–Trinajstić information content (AvgIpc) is 2.57. The van der Waals surface area contributed by atoms with Crippen LogP contribution >= 0.6 is 0 Å². The fourth-order valence-corrected chi connectivity index (χ4v) is 1.78. The van der Waals surface area contributed by atoms with Crippen molar-refractivity contribution in [3.63, 3.8) is 0 Å². The maximum atomic E-state index is 9.12. The normalized spacial score (nSPS) is 10.2. The van der Waals surface area contributed by atoms with Crippen LogP contribution in [0.2, 0.25) is 0 Å². The minimum absolute atomic E-state index is 0.538. The van der Waals surface area contributed by atoms with E-state index in [1.807, 2.05) is 26.8 Å². The number of hydrogen-bond donors (Lipinski definition) is 1. The summed E-state index contributed by atoms with van der Waals surface area (Å²) in [5.74, 6) is 0. The standard InChI is InChI=1S/C13H14N4/c1-8-9(2)16-17(10(8)3)13-5-4-12(15)6-11(13)7-14/h4-6H,15H2,1-3H3. The smallest absolute Gasteiger partial charge is 0.101 e. The number of nitriles is 1. The molecular formula is C13H14N4. The van der Waals surface area contributed by atoms with Crippen LogP contribution in [0.15, 0.2) is 18.2 Å². The van der Waals surface area contributed by atoms with Crippen molar-refractivity contribution in [1.82, 2.24) is 9.78 Å². The molecular weight excluding hydrogens is 212 g/mol. The molecule has 2 N–H and O–H groups in total. The van der Waals surface area contributed by atoms with Crippen LogP contribution in [-0.2, 0) is 0 Å². The van der Waals surface area contributed by atoms with Crippen molar-refractivity contribution in [1.29, 1.82) is 5.26 Å². The Morgan fingerprint density at radius 2 is 2.00 bits per heavy atom. The Balaban J connectivity index is 2.69. The van der Waals surface area contributed by atoms with E-state index >= 15 is 0 Å². The molecule has 17 heavy (non-hydrogen) atoms. The third-order valence-electron chi connectivity index (χ3n) is 3.02. The molecule has 2 rings (SSSR count). The van der Waals surface area contributed by atoms with Gasteiger partial charge in [-0.1, -0.05) is 0 Å². The Morgan fingerprint density at radius 1 is 1.29 bits per heavy atom. The van der Waals surface area contributed by atoms with Crippen LogP contribution in [0, 0.1) is 32.1 Å². The maximum absolute atomic E-state index is 9.12. The fourth-order valence-electron chi connectivity index (χ4n) is 1.78. The highest BCUT2D eigenvalue weighted by molar-refractivity contribution is 5.57. The van der Waals surface area contributed by atoms with E-state index in [1.165, 1.54) is 0 Å². The topological polar surface area (TPSA) is 67.6 Å². The van der Waals surface area contributed by atoms with Gasteiger partial charge >= 0.3 is 0 Å². The quantitative estimate of drug-likeness (QED) is 0.758. The second-order valence-corrected chi connectivity index (χ2v) is 4.10. The van der Waals surface area contributed by atoms with Gasteiger partial charge in [0.2, 0.25) is 0 Å². The highest BCUT2D eigenvalue weighted by atomic mass is 15.3. The molecule has 0 saturated heterocycles. The van der Waals surface area contributed by atoms with Crippen molar-refractivity contribution in [2.75, 3.05) is 5.73 Å². The van der Waals surface area contributed by atoms with E-state index < -0.39 is 0 Å². The zero-order valence-corrected chi connectivity index (χ0v) is 10.2. The molecule has 0 aliphatic rings. The average molecular weight is 226 g/mol. The Morgan fingerprint density at radius 3 is 2.53 bits per heavy atom. The molecule has 86 valence electrons. The van der Waals surface area contributed by atoms with E-state index in [0.717, 1.165) is 22.6 Å². The first kappa shape index (κ1) is 11.2. The predicted octanol–water partition coefficient (Wildman–Crippen LogP) is 2.25. The summed E-state index contributed by atoms with van der Waals surface area (Å²) in [6.45, 7) is 5.98. The van der Waals surface area contributed by atoms with Crippen LogP contribution in [0.25, 0.3) is 5.69 Å². The summed E-state index contributed by atoms with van der Waals surface area (Å²) in [5.41, 5.74) is 10.7. The van der Waals surface area contributed by atoms with Crippen molar-refractivity contribution in [2.45, 2.75) is 20.8 Å². The number of nitrogen functional groups attached to an aromatic ring is 1. The van der Waals surface area contributed by atoms with Gasteiger partial charge in [0.05, 0.1) is 16.9 Å². The fraction of sp³-hybridized carbons (Fsp3) is 0.231. The van der Waals surface area contributed by atoms with E-state index in [9.17, 15) is 0 Å². The predicted molar refractivity (Wildman–Crippen MR) is 66.9 cm³/mol. The van der Waals surface area contributed by atoms with Crippen LogP contribution in [0.4, 0.5) is 5.69 Å². The third kappa shape index (κ3) is 1.76. The molecule has 0 atom stereocenters. The first-order valence-electron chi connectivity index (χ1n) is 5.37. The molecule has 0 unspecified atom stereocenters. The molecule has 0 spiro atoms. The molecule has 0 radical (unpaired) electrons. The molecule has 0 fully saturated rings. The minimum Gasteiger partial charge on any atom is -0.399 e. The first-order chi connectivity index (χ1) is 8.04. The zero-order chi connectivity index (χ0) is 12.6.